The number of nitrogens with one attached hydrogen (secondary N) is 1. The molecule has 19 heavy (non-hydrogen) atoms. The summed E-state index contributed by atoms with van der Waals surface area (Å²) in [4.78, 5) is 0. The van der Waals surface area contributed by atoms with E-state index in [1.54, 1.807) is 7.11 Å². The number of unbranched alkanes of at least 4 members (excludes halogenated alkanes) is 1. The van der Waals surface area contributed by atoms with Crippen LogP contribution in [-0.2, 0) is 16.0 Å². The molecule has 1 aromatic rings. The lowest BCUT2D eigenvalue weighted by atomic mass is 10.1. The van der Waals surface area contributed by atoms with Crippen molar-refractivity contribution in [3.63, 3.8) is 0 Å². The molecule has 0 aliphatic rings. The molecule has 0 spiro atoms. The number of hydrogen-bond acceptors (Lipinski definition) is 4. The van der Waals surface area contributed by atoms with Gasteiger partial charge in [-0.2, -0.15) is 5.26 Å². The maximum Gasteiger partial charge on any atom is 0.0991 e. The van der Waals surface area contributed by atoms with Gasteiger partial charge in [-0.15, -0.1) is 0 Å². The average Bonchev–Trinajstić information content (AvgIpc) is 2.46. The van der Waals surface area contributed by atoms with Gasteiger partial charge in [-0.25, -0.2) is 0 Å². The maximum absolute atomic E-state index is 8.80. The average molecular weight is 262 g/mol. The predicted molar refractivity (Wildman–Crippen MR) is 74.8 cm³/mol. The summed E-state index contributed by atoms with van der Waals surface area (Å²) in [6.07, 6.45) is 2.14. The van der Waals surface area contributed by atoms with E-state index in [0.717, 1.165) is 38.1 Å². The van der Waals surface area contributed by atoms with Crippen molar-refractivity contribution in [2.75, 3.05) is 33.5 Å². The molecule has 104 valence electrons. The van der Waals surface area contributed by atoms with Gasteiger partial charge in [-0.05, 0) is 37.1 Å². The molecule has 4 heteroatoms. The fourth-order valence-corrected chi connectivity index (χ4v) is 1.68. The van der Waals surface area contributed by atoms with Crippen LogP contribution in [0, 0.1) is 11.3 Å². The highest BCUT2D eigenvalue weighted by molar-refractivity contribution is 5.32. The first-order valence-corrected chi connectivity index (χ1v) is 6.63. The maximum atomic E-state index is 8.80. The van der Waals surface area contributed by atoms with E-state index in [0.29, 0.717) is 18.8 Å². The molecule has 0 heterocycles. The number of hydrogen-bond donors (Lipinski definition) is 1. The van der Waals surface area contributed by atoms with Gasteiger partial charge in [-0.1, -0.05) is 12.1 Å². The van der Waals surface area contributed by atoms with Crippen LogP contribution in [0.15, 0.2) is 24.3 Å². The minimum absolute atomic E-state index is 0.660. The third-order valence-electron chi connectivity index (χ3n) is 2.71. The summed E-state index contributed by atoms with van der Waals surface area (Å²) in [6, 6.07) is 9.83. The van der Waals surface area contributed by atoms with Crippen molar-refractivity contribution in [1.82, 2.24) is 5.32 Å². The third kappa shape index (κ3) is 7.58. The Bertz CT molecular complexity index is 388. The van der Waals surface area contributed by atoms with Crippen molar-refractivity contribution in [1.29, 1.82) is 5.26 Å². The lowest BCUT2D eigenvalue weighted by molar-refractivity contribution is 0.0688. The SMILES string of the molecule is COCCOCCCCNCc1cccc(C#N)c1. The van der Waals surface area contributed by atoms with Crippen molar-refractivity contribution in [2.45, 2.75) is 19.4 Å². The minimum atomic E-state index is 0.660. The van der Waals surface area contributed by atoms with Crippen LogP contribution >= 0.6 is 0 Å². The molecule has 0 bridgehead atoms. The monoisotopic (exact) mass is 262 g/mol. The highest BCUT2D eigenvalue weighted by Crippen LogP contribution is 2.03. The second-order valence-corrected chi connectivity index (χ2v) is 4.30. The molecule has 0 saturated carbocycles. The van der Waals surface area contributed by atoms with Crippen molar-refractivity contribution in [2.24, 2.45) is 0 Å². The number of rotatable bonds is 10. The molecule has 1 aromatic carbocycles. The highest BCUT2D eigenvalue weighted by atomic mass is 16.5. The number of nitriles is 1. The van der Waals surface area contributed by atoms with E-state index < -0.39 is 0 Å². The largest absolute Gasteiger partial charge is 0.382 e. The van der Waals surface area contributed by atoms with E-state index in [2.05, 4.69) is 11.4 Å². The predicted octanol–water partition coefficient (Wildman–Crippen LogP) is 2.09. The molecule has 0 aliphatic carbocycles. The van der Waals surface area contributed by atoms with Gasteiger partial charge in [0.2, 0.25) is 0 Å². The van der Waals surface area contributed by atoms with Crippen molar-refractivity contribution >= 4 is 0 Å². The molecule has 0 amide bonds. The Labute approximate surface area is 115 Å². The summed E-state index contributed by atoms with van der Waals surface area (Å²) < 4.78 is 10.3. The fraction of sp³-hybridized carbons (Fsp3) is 0.533. The molecule has 0 aliphatic heterocycles. The molecule has 0 atom stereocenters. The zero-order valence-corrected chi connectivity index (χ0v) is 11.5. The lowest BCUT2D eigenvalue weighted by Gasteiger charge is -2.06. The van der Waals surface area contributed by atoms with Crippen LogP contribution in [0.5, 0.6) is 0 Å². The Morgan fingerprint density at radius 2 is 2.11 bits per heavy atom. The van der Waals surface area contributed by atoms with Crippen molar-refractivity contribution in [3.05, 3.63) is 35.4 Å². The van der Waals surface area contributed by atoms with E-state index in [9.17, 15) is 0 Å². The second-order valence-electron chi connectivity index (χ2n) is 4.30. The molecule has 0 fully saturated rings. The van der Waals surface area contributed by atoms with Crippen LogP contribution < -0.4 is 5.32 Å². The van der Waals surface area contributed by atoms with Gasteiger partial charge in [0.15, 0.2) is 0 Å². The molecule has 0 unspecified atom stereocenters. The standard InChI is InChI=1S/C15H22N2O2/c1-18-9-10-19-8-3-2-7-17-13-15-6-4-5-14(11-15)12-16/h4-6,11,17H,2-3,7-10,13H2,1H3. The minimum Gasteiger partial charge on any atom is -0.382 e. The molecular weight excluding hydrogens is 240 g/mol. The smallest absolute Gasteiger partial charge is 0.0991 e. The van der Waals surface area contributed by atoms with Gasteiger partial charge in [0.05, 0.1) is 24.8 Å². The Morgan fingerprint density at radius 3 is 2.89 bits per heavy atom. The van der Waals surface area contributed by atoms with Crippen molar-refractivity contribution in [3.8, 4) is 6.07 Å². The number of methoxy groups -OCH3 is 1. The lowest BCUT2D eigenvalue weighted by Crippen LogP contribution is -2.15. The van der Waals surface area contributed by atoms with E-state index in [1.807, 2.05) is 24.3 Å². The van der Waals surface area contributed by atoms with Crippen molar-refractivity contribution < 1.29 is 9.47 Å². The Morgan fingerprint density at radius 1 is 1.21 bits per heavy atom. The summed E-state index contributed by atoms with van der Waals surface area (Å²) in [5.41, 5.74) is 1.86. The molecule has 0 aromatic heterocycles. The van der Waals surface area contributed by atoms with Crippen LogP contribution in [0.25, 0.3) is 0 Å². The summed E-state index contributed by atoms with van der Waals surface area (Å²) in [5, 5.41) is 12.2. The zero-order valence-electron chi connectivity index (χ0n) is 11.5. The molecule has 1 N–H and O–H groups in total. The normalized spacial score (nSPS) is 10.3. The van der Waals surface area contributed by atoms with Gasteiger partial charge in [-0.3, -0.25) is 0 Å². The van der Waals surface area contributed by atoms with Crippen LogP contribution in [-0.4, -0.2) is 33.5 Å². The number of nitrogens with zero attached hydrogens (tertiary/aromatic N) is 1. The van der Waals surface area contributed by atoms with Crippen LogP contribution in [0.3, 0.4) is 0 Å². The van der Waals surface area contributed by atoms with E-state index in [1.165, 1.54) is 0 Å². The quantitative estimate of drug-likeness (QED) is 0.656. The Balaban J connectivity index is 2.00. The molecule has 4 nitrogen and oxygen atoms in total. The summed E-state index contributed by atoms with van der Waals surface area (Å²) in [7, 11) is 1.68. The molecule has 0 radical (unpaired) electrons. The third-order valence-corrected chi connectivity index (χ3v) is 2.71. The van der Waals surface area contributed by atoms with Gasteiger partial charge in [0.1, 0.15) is 0 Å². The summed E-state index contributed by atoms with van der Waals surface area (Å²) in [5.74, 6) is 0. The van der Waals surface area contributed by atoms with Crippen LogP contribution in [0.2, 0.25) is 0 Å². The van der Waals surface area contributed by atoms with Gasteiger partial charge in [0.25, 0.3) is 0 Å². The molecule has 1 rings (SSSR count). The number of benzene rings is 1. The van der Waals surface area contributed by atoms with Crippen LogP contribution in [0.1, 0.15) is 24.0 Å². The van der Waals surface area contributed by atoms with E-state index in [-0.39, 0.29) is 0 Å². The molecular formula is C15H22N2O2. The first-order chi connectivity index (χ1) is 9.36. The van der Waals surface area contributed by atoms with Crippen LogP contribution in [0.4, 0.5) is 0 Å². The van der Waals surface area contributed by atoms with Gasteiger partial charge >= 0.3 is 0 Å². The van der Waals surface area contributed by atoms with E-state index in [4.69, 9.17) is 14.7 Å². The Kier molecular flexibility index (Phi) is 8.65. The molecule has 0 saturated heterocycles. The van der Waals surface area contributed by atoms with Gasteiger partial charge < -0.3 is 14.8 Å². The second kappa shape index (κ2) is 10.5. The summed E-state index contributed by atoms with van der Waals surface area (Å²) in [6.45, 7) is 3.89. The Hall–Kier alpha value is -1.41. The first-order valence-electron chi connectivity index (χ1n) is 6.63. The highest BCUT2D eigenvalue weighted by Gasteiger charge is 1.95. The summed E-state index contributed by atoms with van der Waals surface area (Å²) >= 11 is 0. The number of ether oxygens (including phenoxy) is 2. The van der Waals surface area contributed by atoms with E-state index >= 15 is 0 Å². The first kappa shape index (κ1) is 15.6. The fourth-order valence-electron chi connectivity index (χ4n) is 1.68. The van der Waals surface area contributed by atoms with Gasteiger partial charge in [0, 0.05) is 20.3 Å². The zero-order chi connectivity index (χ0) is 13.8. The topological polar surface area (TPSA) is 54.3 Å².